The van der Waals surface area contributed by atoms with Gasteiger partial charge < -0.3 is 5.32 Å². The van der Waals surface area contributed by atoms with Gasteiger partial charge in [0.15, 0.2) is 0 Å². The van der Waals surface area contributed by atoms with Crippen molar-refractivity contribution in [1.29, 1.82) is 0 Å². The summed E-state index contributed by atoms with van der Waals surface area (Å²) < 4.78 is 0. The van der Waals surface area contributed by atoms with Crippen LogP contribution in [-0.2, 0) is 6.54 Å². The van der Waals surface area contributed by atoms with Gasteiger partial charge in [0.1, 0.15) is 0 Å². The molecule has 1 heterocycles. The lowest BCUT2D eigenvalue weighted by Crippen LogP contribution is -2.15. The fourth-order valence-corrected chi connectivity index (χ4v) is 1.81. The van der Waals surface area contributed by atoms with Crippen LogP contribution in [0.5, 0.6) is 0 Å². The summed E-state index contributed by atoms with van der Waals surface area (Å²) in [5, 5.41) is 5.54. The molecule has 0 amide bonds. The van der Waals surface area contributed by atoms with Crippen LogP contribution < -0.4 is 5.32 Å². The first-order valence-corrected chi connectivity index (χ1v) is 6.12. The van der Waals surface area contributed by atoms with Crippen molar-refractivity contribution < 1.29 is 0 Å². The van der Waals surface area contributed by atoms with Gasteiger partial charge in [-0.25, -0.2) is 0 Å². The molecule has 1 N–H and O–H groups in total. The number of pyridine rings is 1. The van der Waals surface area contributed by atoms with Gasteiger partial charge in [-0.05, 0) is 23.8 Å². The molecular weight excluding hydrogens is 252 g/mol. The zero-order valence-corrected chi connectivity index (χ0v) is 10.00. The van der Waals surface area contributed by atoms with Crippen molar-refractivity contribution in [2.75, 3.05) is 11.9 Å². The van der Waals surface area contributed by atoms with Crippen LogP contribution in [0.3, 0.4) is 0 Å². The Morgan fingerprint density at radius 3 is 3.07 bits per heavy atom. The molecule has 0 aliphatic rings. The number of aromatic nitrogens is 1. The monoisotopic (exact) mass is 264 g/mol. The van der Waals surface area contributed by atoms with Crippen LogP contribution in [0.4, 0.5) is 0 Å². The lowest BCUT2D eigenvalue weighted by atomic mass is 10.1. The molecule has 1 aromatic heterocycles. The topological polar surface area (TPSA) is 24.9 Å². The van der Waals surface area contributed by atoms with Gasteiger partial charge in [-0.15, -0.1) is 0 Å². The summed E-state index contributed by atoms with van der Waals surface area (Å²) >= 11 is 3.39. The average molecular weight is 265 g/mol. The highest BCUT2D eigenvalue weighted by atomic mass is 79.9. The van der Waals surface area contributed by atoms with Crippen LogP contribution in [0.25, 0.3) is 10.9 Å². The number of nitrogens with one attached hydrogen (secondary N) is 1. The molecule has 0 saturated heterocycles. The van der Waals surface area contributed by atoms with Gasteiger partial charge in [-0.3, -0.25) is 4.98 Å². The van der Waals surface area contributed by atoms with Crippen molar-refractivity contribution >= 4 is 26.8 Å². The van der Waals surface area contributed by atoms with Crippen molar-refractivity contribution in [3.8, 4) is 0 Å². The number of hydrogen-bond acceptors (Lipinski definition) is 2. The first-order chi connectivity index (χ1) is 7.40. The van der Waals surface area contributed by atoms with Crippen LogP contribution in [-0.4, -0.2) is 16.9 Å². The van der Waals surface area contributed by atoms with Crippen LogP contribution >= 0.6 is 15.9 Å². The Hall–Kier alpha value is -0.930. The highest BCUT2D eigenvalue weighted by Crippen LogP contribution is 2.12. The van der Waals surface area contributed by atoms with Crippen molar-refractivity contribution in [3.63, 3.8) is 0 Å². The Kier molecular flexibility index (Phi) is 3.69. The third kappa shape index (κ3) is 2.76. The second kappa shape index (κ2) is 5.24. The molecule has 2 aromatic rings. The largest absolute Gasteiger partial charge is 0.312 e. The van der Waals surface area contributed by atoms with E-state index in [1.165, 1.54) is 10.9 Å². The van der Waals surface area contributed by atoms with Crippen LogP contribution in [0.1, 0.15) is 5.56 Å². The first kappa shape index (κ1) is 10.6. The lowest BCUT2D eigenvalue weighted by Gasteiger charge is -2.04. The molecule has 0 saturated carbocycles. The fraction of sp³-hybridized carbons (Fsp3) is 0.250. The number of rotatable bonds is 4. The van der Waals surface area contributed by atoms with E-state index in [1.54, 1.807) is 0 Å². The molecule has 3 heteroatoms. The average Bonchev–Trinajstić information content (AvgIpc) is 2.29. The zero-order valence-electron chi connectivity index (χ0n) is 8.41. The van der Waals surface area contributed by atoms with Gasteiger partial charge in [0, 0.05) is 30.0 Å². The molecule has 0 unspecified atom stereocenters. The van der Waals surface area contributed by atoms with Crippen molar-refractivity contribution in [1.82, 2.24) is 10.3 Å². The van der Waals surface area contributed by atoms with Gasteiger partial charge in [-0.1, -0.05) is 28.1 Å². The highest BCUT2D eigenvalue weighted by molar-refractivity contribution is 9.09. The van der Waals surface area contributed by atoms with E-state index in [-0.39, 0.29) is 0 Å². The van der Waals surface area contributed by atoms with Gasteiger partial charge in [0.25, 0.3) is 0 Å². The maximum Gasteiger partial charge on any atom is 0.0702 e. The minimum absolute atomic E-state index is 0.913. The lowest BCUT2D eigenvalue weighted by molar-refractivity contribution is 0.735. The van der Waals surface area contributed by atoms with Gasteiger partial charge in [0.05, 0.1) is 5.52 Å². The van der Waals surface area contributed by atoms with Gasteiger partial charge in [-0.2, -0.15) is 0 Å². The second-order valence-electron chi connectivity index (χ2n) is 3.40. The summed E-state index contributed by atoms with van der Waals surface area (Å²) in [6, 6.07) is 10.4. The Morgan fingerprint density at radius 2 is 2.20 bits per heavy atom. The number of halogens is 1. The molecular formula is C12H13BrN2. The highest BCUT2D eigenvalue weighted by Gasteiger charge is 1.96. The van der Waals surface area contributed by atoms with Gasteiger partial charge in [0.2, 0.25) is 0 Å². The molecule has 0 fully saturated rings. The predicted octanol–water partition coefficient (Wildman–Crippen LogP) is 2.72. The number of fused-ring (bicyclic) bond motifs is 1. The Morgan fingerprint density at radius 1 is 1.27 bits per heavy atom. The SMILES string of the molecule is BrCCNCc1ccc2ncccc2c1. The number of nitrogens with zero attached hydrogens (tertiary/aromatic N) is 1. The molecule has 2 nitrogen and oxygen atoms in total. The molecule has 2 rings (SSSR count). The predicted molar refractivity (Wildman–Crippen MR) is 67.2 cm³/mol. The van der Waals surface area contributed by atoms with Crippen molar-refractivity contribution in [2.45, 2.75) is 6.54 Å². The standard InChI is InChI=1S/C12H13BrN2/c13-5-7-14-9-10-3-4-12-11(8-10)2-1-6-15-12/h1-4,6,8,14H,5,7,9H2. The van der Waals surface area contributed by atoms with Crippen LogP contribution in [0.15, 0.2) is 36.5 Å². The summed E-state index contributed by atoms with van der Waals surface area (Å²) in [4.78, 5) is 4.29. The van der Waals surface area contributed by atoms with E-state index in [0.29, 0.717) is 0 Å². The summed E-state index contributed by atoms with van der Waals surface area (Å²) in [6.45, 7) is 1.90. The molecule has 15 heavy (non-hydrogen) atoms. The molecule has 0 bridgehead atoms. The van der Waals surface area contributed by atoms with E-state index in [4.69, 9.17) is 0 Å². The minimum atomic E-state index is 0.913. The van der Waals surface area contributed by atoms with E-state index >= 15 is 0 Å². The minimum Gasteiger partial charge on any atom is -0.312 e. The van der Waals surface area contributed by atoms with Gasteiger partial charge >= 0.3 is 0 Å². The van der Waals surface area contributed by atoms with E-state index < -0.39 is 0 Å². The molecule has 0 atom stereocenters. The Bertz CT molecular complexity index is 442. The van der Waals surface area contributed by atoms with E-state index in [9.17, 15) is 0 Å². The van der Waals surface area contributed by atoms with Crippen LogP contribution in [0, 0.1) is 0 Å². The Balaban J connectivity index is 2.16. The molecule has 0 radical (unpaired) electrons. The quantitative estimate of drug-likeness (QED) is 0.679. The molecule has 0 spiro atoms. The normalized spacial score (nSPS) is 10.7. The number of hydrogen-bond donors (Lipinski definition) is 1. The fourth-order valence-electron chi connectivity index (χ4n) is 1.53. The number of alkyl halides is 1. The summed E-state index contributed by atoms with van der Waals surface area (Å²) in [7, 11) is 0. The van der Waals surface area contributed by atoms with E-state index in [0.717, 1.165) is 23.9 Å². The molecule has 0 aliphatic heterocycles. The van der Waals surface area contributed by atoms with Crippen molar-refractivity contribution in [2.24, 2.45) is 0 Å². The summed E-state index contributed by atoms with van der Waals surface area (Å²) in [5.41, 5.74) is 2.36. The van der Waals surface area contributed by atoms with Crippen LogP contribution in [0.2, 0.25) is 0 Å². The summed E-state index contributed by atoms with van der Waals surface area (Å²) in [5.74, 6) is 0. The smallest absolute Gasteiger partial charge is 0.0702 e. The molecule has 0 aliphatic carbocycles. The van der Waals surface area contributed by atoms with E-state index in [1.807, 2.05) is 12.3 Å². The molecule has 1 aromatic carbocycles. The van der Waals surface area contributed by atoms with E-state index in [2.05, 4.69) is 50.5 Å². The van der Waals surface area contributed by atoms with Crippen molar-refractivity contribution in [3.05, 3.63) is 42.1 Å². The molecule has 78 valence electrons. The Labute approximate surface area is 97.8 Å². The maximum atomic E-state index is 4.29. The second-order valence-corrected chi connectivity index (χ2v) is 4.19. The third-order valence-electron chi connectivity index (χ3n) is 2.27. The maximum absolute atomic E-state index is 4.29. The summed E-state index contributed by atoms with van der Waals surface area (Å²) in [6.07, 6.45) is 1.82. The third-order valence-corrected chi connectivity index (χ3v) is 2.66. The zero-order chi connectivity index (χ0) is 10.5. The first-order valence-electron chi connectivity index (χ1n) is 5.00. The number of benzene rings is 1.